The van der Waals surface area contributed by atoms with Gasteiger partial charge in [-0.25, -0.2) is 4.98 Å². The summed E-state index contributed by atoms with van der Waals surface area (Å²) in [4.78, 5) is 34.6. The standard InChI is InChI=1S/C20H23ClN4O2/c1-15-6-7-17(13-18(15)21)25(16(2)26)14-20(27)24-11-9-23(10-12-24)19-5-3-4-8-22-19/h3-8,13H,9-12,14H2,1-2H3. The number of hydrogen-bond acceptors (Lipinski definition) is 4. The van der Waals surface area contributed by atoms with Crippen LogP contribution in [0.1, 0.15) is 12.5 Å². The molecule has 0 bridgehead atoms. The van der Waals surface area contributed by atoms with Gasteiger partial charge in [0.15, 0.2) is 0 Å². The normalized spacial score (nSPS) is 14.2. The lowest BCUT2D eigenvalue weighted by molar-refractivity contribution is -0.131. The van der Waals surface area contributed by atoms with Gasteiger partial charge in [0.1, 0.15) is 12.4 Å². The number of aromatic nitrogens is 1. The third-order valence-corrected chi connectivity index (χ3v) is 5.15. The first-order chi connectivity index (χ1) is 13.0. The fraction of sp³-hybridized carbons (Fsp3) is 0.350. The van der Waals surface area contributed by atoms with E-state index in [-0.39, 0.29) is 18.4 Å². The molecule has 1 aromatic carbocycles. The Morgan fingerprint density at radius 3 is 2.48 bits per heavy atom. The molecular formula is C20H23ClN4O2. The van der Waals surface area contributed by atoms with Gasteiger partial charge in [-0.3, -0.25) is 9.59 Å². The number of hydrogen-bond donors (Lipinski definition) is 0. The summed E-state index contributed by atoms with van der Waals surface area (Å²) in [7, 11) is 0. The molecule has 0 radical (unpaired) electrons. The number of benzene rings is 1. The highest BCUT2D eigenvalue weighted by Crippen LogP contribution is 2.23. The topological polar surface area (TPSA) is 56.8 Å². The molecule has 1 aliphatic rings. The second kappa shape index (κ2) is 8.39. The Bertz CT molecular complexity index is 820. The number of piperazine rings is 1. The molecule has 1 fully saturated rings. The third kappa shape index (κ3) is 4.57. The summed E-state index contributed by atoms with van der Waals surface area (Å²) in [6.07, 6.45) is 1.77. The Balaban J connectivity index is 1.63. The Morgan fingerprint density at radius 1 is 1.15 bits per heavy atom. The minimum Gasteiger partial charge on any atom is -0.353 e. The molecule has 1 saturated heterocycles. The number of aryl methyl sites for hydroxylation is 1. The van der Waals surface area contributed by atoms with E-state index in [9.17, 15) is 9.59 Å². The van der Waals surface area contributed by atoms with Crippen LogP contribution in [0.15, 0.2) is 42.6 Å². The molecule has 7 heteroatoms. The highest BCUT2D eigenvalue weighted by molar-refractivity contribution is 6.31. The SMILES string of the molecule is CC(=O)N(CC(=O)N1CCN(c2ccccn2)CC1)c1ccc(C)c(Cl)c1. The number of pyridine rings is 1. The molecule has 0 aliphatic carbocycles. The zero-order chi connectivity index (χ0) is 19.4. The van der Waals surface area contributed by atoms with Crippen molar-refractivity contribution in [1.29, 1.82) is 0 Å². The number of nitrogens with zero attached hydrogens (tertiary/aromatic N) is 4. The number of carbonyl (C=O) groups is 2. The minimum atomic E-state index is -0.185. The van der Waals surface area contributed by atoms with Crippen LogP contribution < -0.4 is 9.80 Å². The van der Waals surface area contributed by atoms with Crippen molar-refractivity contribution >= 4 is 34.9 Å². The van der Waals surface area contributed by atoms with Gasteiger partial charge in [0, 0.05) is 50.0 Å². The largest absolute Gasteiger partial charge is 0.353 e. The molecule has 0 unspecified atom stereocenters. The zero-order valence-electron chi connectivity index (χ0n) is 15.6. The average molecular weight is 387 g/mol. The fourth-order valence-corrected chi connectivity index (χ4v) is 3.27. The lowest BCUT2D eigenvalue weighted by atomic mass is 10.2. The molecule has 2 heterocycles. The van der Waals surface area contributed by atoms with Crippen LogP contribution in [-0.2, 0) is 9.59 Å². The summed E-state index contributed by atoms with van der Waals surface area (Å²) < 4.78 is 0. The Morgan fingerprint density at radius 2 is 1.89 bits per heavy atom. The monoisotopic (exact) mass is 386 g/mol. The number of anilines is 2. The van der Waals surface area contributed by atoms with E-state index in [2.05, 4.69) is 9.88 Å². The predicted molar refractivity (Wildman–Crippen MR) is 107 cm³/mol. The first-order valence-corrected chi connectivity index (χ1v) is 9.31. The van der Waals surface area contributed by atoms with E-state index in [1.54, 1.807) is 17.2 Å². The molecule has 0 N–H and O–H groups in total. The summed E-state index contributed by atoms with van der Waals surface area (Å²) in [6, 6.07) is 11.2. The van der Waals surface area contributed by atoms with Gasteiger partial charge in [0.2, 0.25) is 11.8 Å². The van der Waals surface area contributed by atoms with E-state index in [1.807, 2.05) is 37.3 Å². The summed E-state index contributed by atoms with van der Waals surface area (Å²) in [6.45, 7) is 6.03. The van der Waals surface area contributed by atoms with Crippen LogP contribution in [0.25, 0.3) is 0 Å². The van der Waals surface area contributed by atoms with Gasteiger partial charge in [0.05, 0.1) is 0 Å². The second-order valence-electron chi connectivity index (χ2n) is 6.59. The van der Waals surface area contributed by atoms with Crippen molar-refractivity contribution in [1.82, 2.24) is 9.88 Å². The number of amides is 2. The maximum atomic E-state index is 12.7. The van der Waals surface area contributed by atoms with Gasteiger partial charge in [-0.1, -0.05) is 23.7 Å². The predicted octanol–water partition coefficient (Wildman–Crippen LogP) is 2.75. The van der Waals surface area contributed by atoms with E-state index in [0.29, 0.717) is 23.8 Å². The molecule has 6 nitrogen and oxygen atoms in total. The summed E-state index contributed by atoms with van der Waals surface area (Å²) in [5.74, 6) is 0.669. The molecule has 142 valence electrons. The van der Waals surface area contributed by atoms with Gasteiger partial charge >= 0.3 is 0 Å². The van der Waals surface area contributed by atoms with Gasteiger partial charge in [0.25, 0.3) is 0 Å². The van der Waals surface area contributed by atoms with Crippen molar-refractivity contribution in [2.75, 3.05) is 42.5 Å². The fourth-order valence-electron chi connectivity index (χ4n) is 3.10. The van der Waals surface area contributed by atoms with Crippen molar-refractivity contribution < 1.29 is 9.59 Å². The highest BCUT2D eigenvalue weighted by Gasteiger charge is 2.25. The molecular weight excluding hydrogens is 364 g/mol. The van der Waals surface area contributed by atoms with E-state index in [0.717, 1.165) is 24.5 Å². The Hall–Kier alpha value is -2.60. The first-order valence-electron chi connectivity index (χ1n) is 8.93. The first kappa shape index (κ1) is 19.2. The van der Waals surface area contributed by atoms with Crippen LogP contribution in [0.4, 0.5) is 11.5 Å². The van der Waals surface area contributed by atoms with E-state index in [1.165, 1.54) is 11.8 Å². The molecule has 2 amide bonds. The van der Waals surface area contributed by atoms with Crippen molar-refractivity contribution in [3.8, 4) is 0 Å². The molecule has 0 spiro atoms. The Labute approximate surface area is 164 Å². The number of carbonyl (C=O) groups excluding carboxylic acids is 2. The quantitative estimate of drug-likeness (QED) is 0.810. The average Bonchev–Trinajstić information content (AvgIpc) is 2.69. The van der Waals surface area contributed by atoms with Crippen LogP contribution in [0, 0.1) is 6.92 Å². The summed E-state index contributed by atoms with van der Waals surface area (Å²) >= 11 is 6.18. The van der Waals surface area contributed by atoms with Crippen molar-refractivity contribution in [3.05, 3.63) is 53.2 Å². The van der Waals surface area contributed by atoms with Crippen LogP contribution in [0.3, 0.4) is 0 Å². The molecule has 2 aromatic rings. The maximum Gasteiger partial charge on any atom is 0.242 e. The van der Waals surface area contributed by atoms with Crippen LogP contribution >= 0.6 is 11.6 Å². The third-order valence-electron chi connectivity index (χ3n) is 4.75. The Kier molecular flexibility index (Phi) is 5.96. The summed E-state index contributed by atoms with van der Waals surface area (Å²) in [5.41, 5.74) is 1.57. The van der Waals surface area contributed by atoms with Gasteiger partial charge in [-0.05, 0) is 36.8 Å². The van der Waals surface area contributed by atoms with Crippen LogP contribution in [-0.4, -0.2) is 54.4 Å². The van der Waals surface area contributed by atoms with Gasteiger partial charge in [-0.2, -0.15) is 0 Å². The van der Waals surface area contributed by atoms with Crippen molar-refractivity contribution in [2.24, 2.45) is 0 Å². The molecule has 1 aliphatic heterocycles. The number of rotatable bonds is 4. The van der Waals surface area contributed by atoms with Crippen LogP contribution in [0.5, 0.6) is 0 Å². The zero-order valence-corrected chi connectivity index (χ0v) is 16.3. The molecule has 0 atom stereocenters. The van der Waals surface area contributed by atoms with Crippen molar-refractivity contribution in [2.45, 2.75) is 13.8 Å². The lowest BCUT2D eigenvalue weighted by Crippen LogP contribution is -2.52. The van der Waals surface area contributed by atoms with Crippen LogP contribution in [0.2, 0.25) is 5.02 Å². The second-order valence-corrected chi connectivity index (χ2v) is 7.00. The molecule has 0 saturated carbocycles. The smallest absolute Gasteiger partial charge is 0.242 e. The van der Waals surface area contributed by atoms with E-state index in [4.69, 9.17) is 11.6 Å². The molecule has 27 heavy (non-hydrogen) atoms. The highest BCUT2D eigenvalue weighted by atomic mass is 35.5. The number of halogens is 1. The van der Waals surface area contributed by atoms with E-state index < -0.39 is 0 Å². The maximum absolute atomic E-state index is 12.7. The van der Waals surface area contributed by atoms with Gasteiger partial charge in [-0.15, -0.1) is 0 Å². The minimum absolute atomic E-state index is 0.0122. The lowest BCUT2D eigenvalue weighted by Gasteiger charge is -2.36. The molecule has 3 rings (SSSR count). The van der Waals surface area contributed by atoms with Gasteiger partial charge < -0.3 is 14.7 Å². The van der Waals surface area contributed by atoms with Crippen molar-refractivity contribution in [3.63, 3.8) is 0 Å². The molecule has 1 aromatic heterocycles. The summed E-state index contributed by atoms with van der Waals surface area (Å²) in [5, 5.41) is 0.579. The van der Waals surface area contributed by atoms with E-state index >= 15 is 0 Å².